The third kappa shape index (κ3) is 5.52. The Morgan fingerprint density at radius 3 is 2.37 bits per heavy atom. The van der Waals surface area contributed by atoms with Crippen molar-refractivity contribution in [2.45, 2.75) is 20.8 Å². The molecule has 108 valence electrons. The van der Waals surface area contributed by atoms with Crippen LogP contribution in [0.5, 0.6) is 0 Å². The number of hydrogen-bond donors (Lipinski definition) is 1. The van der Waals surface area contributed by atoms with Gasteiger partial charge in [0.15, 0.2) is 0 Å². The summed E-state index contributed by atoms with van der Waals surface area (Å²) in [4.78, 5) is 4.52. The molecular weight excluding hydrogens is 234 g/mol. The van der Waals surface area contributed by atoms with Gasteiger partial charge in [0.05, 0.1) is 0 Å². The Morgan fingerprint density at radius 2 is 1.79 bits per heavy atom. The molecule has 0 unspecified atom stereocenters. The minimum Gasteiger partial charge on any atom is -0.385 e. The van der Waals surface area contributed by atoms with E-state index in [0.29, 0.717) is 5.92 Å². The van der Waals surface area contributed by atoms with Crippen molar-refractivity contribution in [3.63, 3.8) is 0 Å². The van der Waals surface area contributed by atoms with Crippen LogP contribution in [0.3, 0.4) is 0 Å². The summed E-state index contributed by atoms with van der Waals surface area (Å²) < 4.78 is 0. The summed E-state index contributed by atoms with van der Waals surface area (Å²) in [5, 5.41) is 3.54. The molecule has 0 fully saturated rings. The van der Waals surface area contributed by atoms with Crippen LogP contribution >= 0.6 is 0 Å². The topological polar surface area (TPSA) is 18.5 Å². The first-order valence-corrected chi connectivity index (χ1v) is 7.10. The van der Waals surface area contributed by atoms with Crippen molar-refractivity contribution in [1.29, 1.82) is 0 Å². The molecule has 0 radical (unpaired) electrons. The van der Waals surface area contributed by atoms with E-state index in [1.54, 1.807) is 0 Å². The minimum atomic E-state index is 0.662. The van der Waals surface area contributed by atoms with E-state index in [0.717, 1.165) is 19.6 Å². The summed E-state index contributed by atoms with van der Waals surface area (Å²) in [6.45, 7) is 9.75. The van der Waals surface area contributed by atoms with Gasteiger partial charge in [0.1, 0.15) is 0 Å². The smallest absolute Gasteiger partial charge is 0.0390 e. The van der Waals surface area contributed by atoms with Crippen molar-refractivity contribution in [1.82, 2.24) is 4.90 Å². The van der Waals surface area contributed by atoms with Crippen LogP contribution in [-0.2, 0) is 0 Å². The molecule has 1 rings (SSSR count). The predicted octanol–water partition coefficient (Wildman–Crippen LogP) is 3.06. The molecule has 1 aromatic carbocycles. The lowest BCUT2D eigenvalue weighted by atomic mass is 10.1. The third-order valence-corrected chi connectivity index (χ3v) is 3.25. The van der Waals surface area contributed by atoms with E-state index in [4.69, 9.17) is 0 Å². The summed E-state index contributed by atoms with van der Waals surface area (Å²) in [5.74, 6) is 0.662. The molecule has 0 bridgehead atoms. The highest BCUT2D eigenvalue weighted by Crippen LogP contribution is 2.22. The second-order valence-electron chi connectivity index (χ2n) is 6.00. The number of nitrogens with zero attached hydrogens (tertiary/aromatic N) is 2. The van der Waals surface area contributed by atoms with E-state index in [9.17, 15) is 0 Å². The van der Waals surface area contributed by atoms with Crippen molar-refractivity contribution in [3.8, 4) is 0 Å². The minimum absolute atomic E-state index is 0.662. The summed E-state index contributed by atoms with van der Waals surface area (Å²) >= 11 is 0. The number of anilines is 2. The highest BCUT2D eigenvalue weighted by molar-refractivity contribution is 5.61. The van der Waals surface area contributed by atoms with Crippen LogP contribution in [0.15, 0.2) is 18.2 Å². The molecule has 0 amide bonds. The zero-order valence-electron chi connectivity index (χ0n) is 13.3. The van der Waals surface area contributed by atoms with Crippen molar-refractivity contribution in [2.24, 2.45) is 5.92 Å². The van der Waals surface area contributed by atoms with Crippen LogP contribution in [0.2, 0.25) is 0 Å². The molecule has 0 saturated carbocycles. The SMILES string of the molecule is Cc1ccc(N(C)CCN(C)C)cc1NCC(C)C. The Kier molecular flexibility index (Phi) is 6.16. The zero-order valence-corrected chi connectivity index (χ0v) is 13.3. The second kappa shape index (κ2) is 7.39. The van der Waals surface area contributed by atoms with E-state index in [-0.39, 0.29) is 0 Å². The quantitative estimate of drug-likeness (QED) is 0.815. The molecular formula is C16H29N3. The maximum Gasteiger partial charge on any atom is 0.0390 e. The van der Waals surface area contributed by atoms with Gasteiger partial charge in [0.2, 0.25) is 0 Å². The third-order valence-electron chi connectivity index (χ3n) is 3.25. The molecule has 1 N–H and O–H groups in total. The maximum atomic E-state index is 3.54. The largest absolute Gasteiger partial charge is 0.385 e. The van der Waals surface area contributed by atoms with Gasteiger partial charge < -0.3 is 15.1 Å². The number of likely N-dealkylation sites (N-methyl/N-ethyl adjacent to an activating group) is 2. The van der Waals surface area contributed by atoms with Crippen LogP contribution < -0.4 is 10.2 Å². The van der Waals surface area contributed by atoms with Gasteiger partial charge in [-0.05, 0) is 44.6 Å². The van der Waals surface area contributed by atoms with Crippen LogP contribution in [0.1, 0.15) is 19.4 Å². The molecule has 0 aromatic heterocycles. The normalized spacial score (nSPS) is 11.2. The maximum absolute atomic E-state index is 3.54. The number of nitrogens with one attached hydrogen (secondary N) is 1. The van der Waals surface area contributed by atoms with Crippen LogP contribution in [0.25, 0.3) is 0 Å². The van der Waals surface area contributed by atoms with E-state index >= 15 is 0 Å². The van der Waals surface area contributed by atoms with Crippen molar-refractivity contribution < 1.29 is 0 Å². The monoisotopic (exact) mass is 263 g/mol. The van der Waals surface area contributed by atoms with E-state index in [2.05, 4.69) is 75.2 Å². The van der Waals surface area contributed by atoms with Crippen LogP contribution in [0, 0.1) is 12.8 Å². The summed E-state index contributed by atoms with van der Waals surface area (Å²) in [6, 6.07) is 6.66. The van der Waals surface area contributed by atoms with Gasteiger partial charge in [0, 0.05) is 38.1 Å². The number of hydrogen-bond acceptors (Lipinski definition) is 3. The molecule has 0 saturated heterocycles. The molecule has 1 aromatic rings. The van der Waals surface area contributed by atoms with Gasteiger partial charge in [-0.15, -0.1) is 0 Å². The number of rotatable bonds is 7. The van der Waals surface area contributed by atoms with Gasteiger partial charge in [-0.2, -0.15) is 0 Å². The van der Waals surface area contributed by atoms with Gasteiger partial charge in [-0.3, -0.25) is 0 Å². The average Bonchev–Trinajstić information content (AvgIpc) is 2.34. The Morgan fingerprint density at radius 1 is 1.11 bits per heavy atom. The number of benzene rings is 1. The second-order valence-corrected chi connectivity index (χ2v) is 6.00. The summed E-state index contributed by atoms with van der Waals surface area (Å²) in [6.07, 6.45) is 0. The highest BCUT2D eigenvalue weighted by atomic mass is 15.2. The Bertz CT molecular complexity index is 386. The molecule has 0 heterocycles. The molecule has 3 nitrogen and oxygen atoms in total. The zero-order chi connectivity index (χ0) is 14.4. The van der Waals surface area contributed by atoms with E-state index in [1.807, 2.05) is 0 Å². The van der Waals surface area contributed by atoms with Gasteiger partial charge in [0.25, 0.3) is 0 Å². The summed E-state index contributed by atoms with van der Waals surface area (Å²) in [5.41, 5.74) is 3.84. The summed E-state index contributed by atoms with van der Waals surface area (Å²) in [7, 11) is 6.37. The highest BCUT2D eigenvalue weighted by Gasteiger charge is 2.05. The Labute approximate surface area is 118 Å². The lowest BCUT2D eigenvalue weighted by Crippen LogP contribution is -2.28. The van der Waals surface area contributed by atoms with Crippen molar-refractivity contribution in [2.75, 3.05) is 51.0 Å². The first-order valence-electron chi connectivity index (χ1n) is 7.10. The molecule has 3 heteroatoms. The van der Waals surface area contributed by atoms with Gasteiger partial charge in [-0.1, -0.05) is 19.9 Å². The molecule has 0 aliphatic carbocycles. The van der Waals surface area contributed by atoms with Gasteiger partial charge in [-0.25, -0.2) is 0 Å². The molecule has 0 spiro atoms. The van der Waals surface area contributed by atoms with E-state index in [1.165, 1.54) is 16.9 Å². The molecule has 0 atom stereocenters. The van der Waals surface area contributed by atoms with Crippen molar-refractivity contribution in [3.05, 3.63) is 23.8 Å². The molecule has 0 aliphatic rings. The van der Waals surface area contributed by atoms with E-state index < -0.39 is 0 Å². The lowest BCUT2D eigenvalue weighted by Gasteiger charge is -2.23. The molecule has 0 aliphatic heterocycles. The first kappa shape index (κ1) is 15.8. The predicted molar refractivity (Wildman–Crippen MR) is 86.3 cm³/mol. The lowest BCUT2D eigenvalue weighted by molar-refractivity contribution is 0.416. The fraction of sp³-hybridized carbons (Fsp3) is 0.625. The van der Waals surface area contributed by atoms with Crippen molar-refractivity contribution >= 4 is 11.4 Å². The Balaban J connectivity index is 2.71. The van der Waals surface area contributed by atoms with Gasteiger partial charge >= 0.3 is 0 Å². The average molecular weight is 263 g/mol. The van der Waals surface area contributed by atoms with Crippen LogP contribution in [0.4, 0.5) is 11.4 Å². The number of aryl methyl sites for hydroxylation is 1. The molecule has 19 heavy (non-hydrogen) atoms. The Hall–Kier alpha value is -1.22. The standard InChI is InChI=1S/C16H29N3/c1-13(2)12-17-16-11-15(8-7-14(16)3)19(6)10-9-18(4)5/h7-8,11,13,17H,9-10,12H2,1-6H3. The fourth-order valence-electron chi connectivity index (χ4n) is 1.83. The fourth-order valence-corrected chi connectivity index (χ4v) is 1.83. The first-order chi connectivity index (χ1) is 8.90. The van der Waals surface area contributed by atoms with Crippen LogP contribution in [-0.4, -0.2) is 45.7 Å².